The van der Waals surface area contributed by atoms with Crippen molar-refractivity contribution >= 4 is 0 Å². The third-order valence-electron chi connectivity index (χ3n) is 4.25. The highest BCUT2D eigenvalue weighted by Gasteiger charge is 2.35. The maximum Gasteiger partial charge on any atom is 0.169 e. The van der Waals surface area contributed by atoms with Gasteiger partial charge in [0.25, 0.3) is 0 Å². The zero-order chi connectivity index (χ0) is 15.2. The van der Waals surface area contributed by atoms with Crippen molar-refractivity contribution < 1.29 is 13.9 Å². The molecule has 0 aliphatic carbocycles. The Morgan fingerprint density at radius 3 is 2.90 bits per heavy atom. The van der Waals surface area contributed by atoms with E-state index in [1.165, 1.54) is 7.11 Å². The van der Waals surface area contributed by atoms with Gasteiger partial charge in [-0.25, -0.2) is 4.39 Å². The highest BCUT2D eigenvalue weighted by molar-refractivity contribution is 5.33. The Morgan fingerprint density at radius 1 is 1.43 bits per heavy atom. The summed E-state index contributed by atoms with van der Waals surface area (Å²) in [5.41, 5.74) is 0.691. The highest BCUT2D eigenvalue weighted by Crippen LogP contribution is 2.37. The zero-order valence-corrected chi connectivity index (χ0v) is 13.2. The Bertz CT molecular complexity index is 452. The van der Waals surface area contributed by atoms with E-state index in [0.29, 0.717) is 17.2 Å². The summed E-state index contributed by atoms with van der Waals surface area (Å²) in [5.74, 6) is 0.362. The summed E-state index contributed by atoms with van der Waals surface area (Å²) in [6, 6.07) is 5.36. The van der Waals surface area contributed by atoms with Gasteiger partial charge in [-0.1, -0.05) is 26.0 Å². The second kappa shape index (κ2) is 7.76. The lowest BCUT2D eigenvalue weighted by Crippen LogP contribution is -2.34. The van der Waals surface area contributed by atoms with E-state index < -0.39 is 0 Å². The van der Waals surface area contributed by atoms with Crippen LogP contribution in [-0.2, 0) is 4.74 Å². The van der Waals surface area contributed by atoms with E-state index in [1.807, 2.05) is 12.1 Å². The number of rotatable bonds is 7. The molecule has 1 aliphatic rings. The second-order valence-corrected chi connectivity index (χ2v) is 5.57. The average Bonchev–Trinajstić information content (AvgIpc) is 2.97. The molecule has 0 spiro atoms. The van der Waals surface area contributed by atoms with Gasteiger partial charge in [-0.2, -0.15) is 0 Å². The first kappa shape index (κ1) is 16.2. The van der Waals surface area contributed by atoms with E-state index in [-0.39, 0.29) is 18.0 Å². The number of hydrogen-bond acceptors (Lipinski definition) is 3. The molecule has 1 aromatic carbocycles. The summed E-state index contributed by atoms with van der Waals surface area (Å²) in [4.78, 5) is 0. The number of nitrogens with one attached hydrogen (secondary N) is 1. The minimum Gasteiger partial charge on any atom is -0.494 e. The van der Waals surface area contributed by atoms with Crippen LogP contribution in [0.4, 0.5) is 4.39 Å². The Hall–Kier alpha value is -1.13. The minimum atomic E-state index is -0.254. The lowest BCUT2D eigenvalue weighted by molar-refractivity contribution is 0.0769. The molecule has 1 saturated heterocycles. The van der Waals surface area contributed by atoms with Gasteiger partial charge in [0.2, 0.25) is 0 Å². The van der Waals surface area contributed by atoms with Crippen LogP contribution in [0.2, 0.25) is 0 Å². The van der Waals surface area contributed by atoms with Gasteiger partial charge in [0.15, 0.2) is 11.6 Å². The molecule has 1 aliphatic heterocycles. The lowest BCUT2D eigenvalue weighted by atomic mass is 9.86. The van der Waals surface area contributed by atoms with Gasteiger partial charge in [-0.05, 0) is 31.9 Å². The fraction of sp³-hybridized carbons (Fsp3) is 0.647. The summed E-state index contributed by atoms with van der Waals surface area (Å²) in [6.45, 7) is 5.88. The molecule has 0 bridgehead atoms. The molecule has 0 radical (unpaired) electrons. The summed E-state index contributed by atoms with van der Waals surface area (Å²) in [6.07, 6.45) is 3.15. The predicted octanol–water partition coefficient (Wildman–Crippen LogP) is 3.69. The Morgan fingerprint density at radius 2 is 2.24 bits per heavy atom. The summed E-state index contributed by atoms with van der Waals surface area (Å²) in [7, 11) is 1.50. The van der Waals surface area contributed by atoms with Crippen molar-refractivity contribution in [3.05, 3.63) is 29.6 Å². The molecule has 2 rings (SSSR count). The third kappa shape index (κ3) is 3.55. The quantitative estimate of drug-likeness (QED) is 0.832. The molecule has 3 atom stereocenters. The standard InChI is InChI=1S/C17H26FNO2/c1-4-10-19-17(12-9-11-21-14(12)5-2)13-7-6-8-15(20-3)16(13)18/h6-8,12,14,17,19H,4-5,9-11H2,1-3H3. The highest BCUT2D eigenvalue weighted by atomic mass is 19.1. The Labute approximate surface area is 126 Å². The van der Waals surface area contributed by atoms with Crippen LogP contribution in [0.3, 0.4) is 0 Å². The molecule has 21 heavy (non-hydrogen) atoms. The number of ether oxygens (including phenoxy) is 2. The third-order valence-corrected chi connectivity index (χ3v) is 4.25. The van der Waals surface area contributed by atoms with Crippen LogP contribution in [0.15, 0.2) is 18.2 Å². The Balaban J connectivity index is 2.31. The first-order valence-electron chi connectivity index (χ1n) is 7.90. The lowest BCUT2D eigenvalue weighted by Gasteiger charge is -2.29. The zero-order valence-electron chi connectivity index (χ0n) is 13.2. The fourth-order valence-electron chi connectivity index (χ4n) is 3.18. The van der Waals surface area contributed by atoms with E-state index in [4.69, 9.17) is 9.47 Å². The van der Waals surface area contributed by atoms with Gasteiger partial charge < -0.3 is 14.8 Å². The molecule has 3 nitrogen and oxygen atoms in total. The van der Waals surface area contributed by atoms with Gasteiger partial charge in [-0.3, -0.25) is 0 Å². The maximum atomic E-state index is 14.6. The predicted molar refractivity (Wildman–Crippen MR) is 82.1 cm³/mol. The van der Waals surface area contributed by atoms with Crippen molar-refractivity contribution in [1.82, 2.24) is 5.32 Å². The fourth-order valence-corrected chi connectivity index (χ4v) is 3.18. The number of halogens is 1. The second-order valence-electron chi connectivity index (χ2n) is 5.57. The molecule has 0 saturated carbocycles. The van der Waals surface area contributed by atoms with Crippen LogP contribution in [0.25, 0.3) is 0 Å². The molecule has 118 valence electrons. The summed E-state index contributed by atoms with van der Waals surface area (Å²) >= 11 is 0. The first-order chi connectivity index (χ1) is 10.2. The molecule has 3 unspecified atom stereocenters. The molecule has 1 N–H and O–H groups in total. The number of hydrogen-bond donors (Lipinski definition) is 1. The topological polar surface area (TPSA) is 30.5 Å². The average molecular weight is 295 g/mol. The molecule has 1 aromatic rings. The van der Waals surface area contributed by atoms with Crippen molar-refractivity contribution in [3.63, 3.8) is 0 Å². The van der Waals surface area contributed by atoms with E-state index >= 15 is 0 Å². The van der Waals surface area contributed by atoms with Crippen LogP contribution >= 0.6 is 0 Å². The minimum absolute atomic E-state index is 0.0208. The number of methoxy groups -OCH3 is 1. The first-order valence-corrected chi connectivity index (χ1v) is 7.90. The van der Waals surface area contributed by atoms with Crippen LogP contribution in [-0.4, -0.2) is 26.4 Å². The van der Waals surface area contributed by atoms with Crippen molar-refractivity contribution in [2.75, 3.05) is 20.3 Å². The molecule has 4 heteroatoms. The molecule has 0 aromatic heterocycles. The van der Waals surface area contributed by atoms with Crippen molar-refractivity contribution in [3.8, 4) is 5.75 Å². The SMILES string of the molecule is CCCNC(c1cccc(OC)c1F)C1CCOC1CC. The molecular formula is C17H26FNO2. The van der Waals surface area contributed by atoms with Gasteiger partial charge in [0.05, 0.1) is 13.2 Å². The van der Waals surface area contributed by atoms with Crippen LogP contribution in [0.1, 0.15) is 44.7 Å². The number of benzene rings is 1. The Kier molecular flexibility index (Phi) is 6.00. The van der Waals surface area contributed by atoms with Gasteiger partial charge in [0, 0.05) is 24.1 Å². The molecular weight excluding hydrogens is 269 g/mol. The summed E-state index contributed by atoms with van der Waals surface area (Å²) in [5, 5.41) is 3.51. The van der Waals surface area contributed by atoms with Crippen LogP contribution in [0, 0.1) is 11.7 Å². The largest absolute Gasteiger partial charge is 0.494 e. The maximum absolute atomic E-state index is 14.6. The van der Waals surface area contributed by atoms with Crippen molar-refractivity contribution in [2.45, 2.75) is 45.3 Å². The van der Waals surface area contributed by atoms with Crippen molar-refractivity contribution in [2.24, 2.45) is 5.92 Å². The van der Waals surface area contributed by atoms with Crippen LogP contribution < -0.4 is 10.1 Å². The smallest absolute Gasteiger partial charge is 0.169 e. The summed E-state index contributed by atoms with van der Waals surface area (Å²) < 4.78 is 25.6. The molecule has 1 fully saturated rings. The van der Waals surface area contributed by atoms with Gasteiger partial charge >= 0.3 is 0 Å². The van der Waals surface area contributed by atoms with E-state index in [2.05, 4.69) is 19.2 Å². The van der Waals surface area contributed by atoms with E-state index in [1.54, 1.807) is 6.07 Å². The normalized spacial score (nSPS) is 23.2. The monoisotopic (exact) mass is 295 g/mol. The van der Waals surface area contributed by atoms with Gasteiger partial charge in [-0.15, -0.1) is 0 Å². The van der Waals surface area contributed by atoms with E-state index in [9.17, 15) is 4.39 Å². The van der Waals surface area contributed by atoms with Gasteiger partial charge in [0.1, 0.15) is 0 Å². The molecule has 0 amide bonds. The van der Waals surface area contributed by atoms with E-state index in [0.717, 1.165) is 32.4 Å². The molecule has 1 heterocycles. The van der Waals surface area contributed by atoms with Crippen molar-refractivity contribution in [1.29, 1.82) is 0 Å². The van der Waals surface area contributed by atoms with Crippen LogP contribution in [0.5, 0.6) is 5.75 Å².